The van der Waals surface area contributed by atoms with E-state index < -0.39 is 0 Å². The smallest absolute Gasteiger partial charge is 0.266 e. The van der Waals surface area contributed by atoms with Crippen molar-refractivity contribution in [2.24, 2.45) is 0 Å². The summed E-state index contributed by atoms with van der Waals surface area (Å²) in [4.78, 5) is 16.8. The summed E-state index contributed by atoms with van der Waals surface area (Å²) >= 11 is 8.26. The molecule has 6 heteroatoms. The molecule has 1 aliphatic rings. The maximum atomic E-state index is 14.2. The van der Waals surface area contributed by atoms with Gasteiger partial charge in [-0.1, -0.05) is 66.7 Å². The van der Waals surface area contributed by atoms with Gasteiger partial charge < -0.3 is 15.0 Å². The van der Waals surface area contributed by atoms with Gasteiger partial charge in [0.05, 0.1) is 12.1 Å². The van der Waals surface area contributed by atoms with E-state index in [2.05, 4.69) is 24.0 Å². The predicted octanol–water partition coefficient (Wildman–Crippen LogP) is 7.88. The summed E-state index contributed by atoms with van der Waals surface area (Å²) in [7, 11) is 3.69. The first-order valence-corrected chi connectivity index (χ1v) is 14.0. The zero-order valence-electron chi connectivity index (χ0n) is 21.8. The van der Waals surface area contributed by atoms with Crippen LogP contribution in [0.15, 0.2) is 73.3 Å². The fraction of sp³-hybridized carbons (Fsp3) is 0.323. The normalized spacial score (nSPS) is 18.3. The highest BCUT2D eigenvalue weighted by molar-refractivity contribution is 7.21. The van der Waals surface area contributed by atoms with Crippen molar-refractivity contribution in [2.75, 3.05) is 14.2 Å². The molecule has 0 unspecified atom stereocenters. The molecular formula is C31H35ClN2O2S. The Labute approximate surface area is 229 Å². The summed E-state index contributed by atoms with van der Waals surface area (Å²) in [6.45, 7) is 6.31. The van der Waals surface area contributed by atoms with Crippen molar-refractivity contribution in [3.05, 3.63) is 94.4 Å². The number of halogens is 1. The fourth-order valence-corrected chi connectivity index (χ4v) is 6.61. The largest absolute Gasteiger partial charge is 0.496 e. The van der Waals surface area contributed by atoms with Crippen molar-refractivity contribution in [1.29, 1.82) is 0 Å². The van der Waals surface area contributed by atoms with Gasteiger partial charge in [-0.25, -0.2) is 0 Å². The van der Waals surface area contributed by atoms with Crippen LogP contribution in [0, 0.1) is 0 Å². The van der Waals surface area contributed by atoms with Crippen molar-refractivity contribution in [2.45, 2.75) is 51.2 Å². The molecule has 3 aromatic rings. The maximum absolute atomic E-state index is 14.2. The number of rotatable bonds is 9. The van der Waals surface area contributed by atoms with E-state index in [1.807, 2.05) is 67.4 Å². The van der Waals surface area contributed by atoms with E-state index >= 15 is 0 Å². The number of carbonyl (C=O) groups is 1. The van der Waals surface area contributed by atoms with Crippen LogP contribution in [0.1, 0.15) is 53.4 Å². The Morgan fingerprint density at radius 3 is 2.62 bits per heavy atom. The highest BCUT2D eigenvalue weighted by atomic mass is 35.5. The van der Waals surface area contributed by atoms with Gasteiger partial charge in [0, 0.05) is 34.3 Å². The highest BCUT2D eigenvalue weighted by Gasteiger charge is 2.32. The molecule has 0 aliphatic heterocycles. The van der Waals surface area contributed by atoms with E-state index in [1.54, 1.807) is 13.2 Å². The van der Waals surface area contributed by atoms with Crippen LogP contribution in [0.2, 0.25) is 5.02 Å². The lowest BCUT2D eigenvalue weighted by Crippen LogP contribution is -2.44. The minimum absolute atomic E-state index is 0.0122. The summed E-state index contributed by atoms with van der Waals surface area (Å²) < 4.78 is 6.78. The van der Waals surface area contributed by atoms with Crippen molar-refractivity contribution in [3.8, 4) is 5.75 Å². The summed E-state index contributed by atoms with van der Waals surface area (Å²) in [5.41, 5.74) is 3.09. The van der Waals surface area contributed by atoms with E-state index in [-0.39, 0.29) is 11.9 Å². The standard InChI is InChI=1S/C31H35ClN2O2S/c1-5-9-21(10-6-2)22-13-18-27(36-4)23(19-22)20-34(25-16-14-24(33-3)15-17-25)31(35)30-29(32)26-11-7-8-12-28(26)37-30/h5-13,18-19,24-25,33H,1,14-17,20H2,2-4H3/b10-6-,21-9+. The molecule has 4 rings (SSSR count). The zero-order valence-corrected chi connectivity index (χ0v) is 23.4. The number of thiophene rings is 1. The van der Waals surface area contributed by atoms with Crippen molar-refractivity contribution in [1.82, 2.24) is 10.2 Å². The number of nitrogens with one attached hydrogen (secondary N) is 1. The van der Waals surface area contributed by atoms with Gasteiger partial charge in [-0.2, -0.15) is 0 Å². The number of hydrogen-bond donors (Lipinski definition) is 1. The third kappa shape index (κ3) is 6.01. The minimum atomic E-state index is -0.0122. The Bertz CT molecular complexity index is 1320. The second kappa shape index (κ2) is 12.6. The maximum Gasteiger partial charge on any atom is 0.266 e. The minimum Gasteiger partial charge on any atom is -0.496 e. The Hall–Kier alpha value is -2.86. The summed E-state index contributed by atoms with van der Waals surface area (Å²) in [5.74, 6) is 0.758. The van der Waals surface area contributed by atoms with Crippen molar-refractivity contribution in [3.63, 3.8) is 0 Å². The molecule has 194 valence electrons. The molecule has 1 N–H and O–H groups in total. The first-order chi connectivity index (χ1) is 18.0. The summed E-state index contributed by atoms with van der Waals surface area (Å²) in [6, 6.07) is 14.7. The molecule has 0 spiro atoms. The van der Waals surface area contributed by atoms with E-state index in [4.69, 9.17) is 16.3 Å². The fourth-order valence-electron chi connectivity index (χ4n) is 5.14. The lowest BCUT2D eigenvalue weighted by molar-refractivity contribution is 0.0604. The molecule has 1 aromatic heterocycles. The Kier molecular flexibility index (Phi) is 9.25. The second-order valence-corrected chi connectivity index (χ2v) is 10.8. The number of carbonyl (C=O) groups excluding carboxylic acids is 1. The number of fused-ring (bicyclic) bond motifs is 1. The molecule has 1 saturated carbocycles. The molecule has 37 heavy (non-hydrogen) atoms. The van der Waals surface area contributed by atoms with Crippen LogP contribution in [-0.4, -0.2) is 37.0 Å². The first-order valence-electron chi connectivity index (χ1n) is 12.8. The van der Waals surface area contributed by atoms with Gasteiger partial charge in [0.15, 0.2) is 0 Å². The number of amides is 1. The van der Waals surface area contributed by atoms with E-state index in [1.165, 1.54) is 11.3 Å². The molecule has 0 atom stereocenters. The lowest BCUT2D eigenvalue weighted by atomic mass is 9.89. The number of methoxy groups -OCH3 is 1. The van der Waals surface area contributed by atoms with Crippen molar-refractivity contribution >= 4 is 44.5 Å². The SMILES string of the molecule is C=C/C=C(\C=C/C)c1ccc(OC)c(CN(C(=O)c2sc3ccccc3c2Cl)C2CCC(NC)CC2)c1. The average Bonchev–Trinajstić information content (AvgIpc) is 3.27. The van der Waals surface area contributed by atoms with Gasteiger partial charge in [0.25, 0.3) is 5.91 Å². The topological polar surface area (TPSA) is 41.6 Å². The Balaban J connectivity index is 1.75. The number of ether oxygens (including phenoxy) is 1. The van der Waals surface area contributed by atoms with Gasteiger partial charge in [0.2, 0.25) is 0 Å². The van der Waals surface area contributed by atoms with E-state index in [9.17, 15) is 4.79 Å². The molecule has 2 aromatic carbocycles. The van der Waals surface area contributed by atoms with E-state index in [0.29, 0.717) is 22.5 Å². The van der Waals surface area contributed by atoms with Crippen LogP contribution >= 0.6 is 22.9 Å². The van der Waals surface area contributed by atoms with Gasteiger partial charge in [-0.15, -0.1) is 11.3 Å². The Morgan fingerprint density at radius 2 is 1.97 bits per heavy atom. The summed E-state index contributed by atoms with van der Waals surface area (Å²) in [6.07, 6.45) is 11.8. The highest BCUT2D eigenvalue weighted by Crippen LogP contribution is 2.38. The molecule has 1 heterocycles. The molecule has 0 saturated heterocycles. The van der Waals surface area contributed by atoms with Crippen LogP contribution in [-0.2, 0) is 6.54 Å². The molecule has 0 radical (unpaired) electrons. The van der Waals surface area contributed by atoms with Gasteiger partial charge >= 0.3 is 0 Å². The van der Waals surface area contributed by atoms with Gasteiger partial charge in [-0.3, -0.25) is 4.79 Å². The lowest BCUT2D eigenvalue weighted by Gasteiger charge is -2.37. The molecule has 1 aliphatic carbocycles. The van der Waals surface area contributed by atoms with Crippen LogP contribution in [0.5, 0.6) is 5.75 Å². The first kappa shape index (κ1) is 27.2. The van der Waals surface area contributed by atoms with Crippen molar-refractivity contribution < 1.29 is 9.53 Å². The molecule has 1 amide bonds. The van der Waals surface area contributed by atoms with Crippen LogP contribution in [0.3, 0.4) is 0 Å². The third-order valence-electron chi connectivity index (χ3n) is 7.13. The second-order valence-electron chi connectivity index (χ2n) is 9.35. The van der Waals surface area contributed by atoms with Gasteiger partial charge in [-0.05, 0) is 69.0 Å². The molecule has 1 fully saturated rings. The quantitative estimate of drug-likeness (QED) is 0.284. The monoisotopic (exact) mass is 534 g/mol. The van der Waals surface area contributed by atoms with Crippen LogP contribution in [0.4, 0.5) is 0 Å². The van der Waals surface area contributed by atoms with Crippen LogP contribution in [0.25, 0.3) is 15.7 Å². The molecule has 0 bridgehead atoms. The number of hydrogen-bond acceptors (Lipinski definition) is 4. The number of nitrogens with zero attached hydrogens (tertiary/aromatic N) is 1. The zero-order chi connectivity index (χ0) is 26.4. The van der Waals surface area contributed by atoms with E-state index in [0.717, 1.165) is 58.2 Å². The van der Waals surface area contributed by atoms with Crippen LogP contribution < -0.4 is 10.1 Å². The molecular weight excluding hydrogens is 500 g/mol. The average molecular weight is 535 g/mol. The molecule has 4 nitrogen and oxygen atoms in total. The number of allylic oxidation sites excluding steroid dienone is 5. The number of benzene rings is 2. The summed E-state index contributed by atoms with van der Waals surface area (Å²) in [5, 5.41) is 4.88. The third-order valence-corrected chi connectivity index (χ3v) is 8.80. The predicted molar refractivity (Wildman–Crippen MR) is 158 cm³/mol. The Morgan fingerprint density at radius 1 is 1.22 bits per heavy atom. The van der Waals surface area contributed by atoms with Gasteiger partial charge in [0.1, 0.15) is 10.6 Å².